The monoisotopic (exact) mass is 212 g/mol. The lowest BCUT2D eigenvalue weighted by molar-refractivity contribution is 0.324. The first-order valence-corrected chi connectivity index (χ1v) is 6.20. The molecule has 1 saturated heterocycles. The normalized spacial score (nSPS) is 28.0. The van der Waals surface area contributed by atoms with Gasteiger partial charge in [0, 0.05) is 17.8 Å². The fraction of sp³-hybridized carbons (Fsp3) is 0.429. The summed E-state index contributed by atoms with van der Waals surface area (Å²) in [5, 5.41) is 4.93. The Balaban J connectivity index is 1.89. The van der Waals surface area contributed by atoms with E-state index in [-0.39, 0.29) is 0 Å². The first kappa shape index (κ1) is 8.82. The third-order valence-electron chi connectivity index (χ3n) is 4.26. The zero-order chi connectivity index (χ0) is 10.5. The highest BCUT2D eigenvalue weighted by atomic mass is 15.0. The van der Waals surface area contributed by atoms with Crippen LogP contribution in [-0.2, 0) is 13.0 Å². The van der Waals surface area contributed by atoms with Crippen LogP contribution in [0.2, 0.25) is 0 Å². The summed E-state index contributed by atoms with van der Waals surface area (Å²) in [6.45, 7) is 3.63. The highest BCUT2D eigenvalue weighted by molar-refractivity contribution is 5.81. The van der Waals surface area contributed by atoms with Gasteiger partial charge >= 0.3 is 0 Å². The van der Waals surface area contributed by atoms with Crippen LogP contribution in [0, 0.1) is 11.8 Å². The van der Waals surface area contributed by atoms with Gasteiger partial charge in [-0.1, -0.05) is 18.2 Å². The highest BCUT2D eigenvalue weighted by Gasteiger charge is 2.32. The van der Waals surface area contributed by atoms with E-state index in [0.717, 1.165) is 11.8 Å². The fourth-order valence-electron chi connectivity index (χ4n) is 3.40. The molecule has 0 aliphatic carbocycles. The highest BCUT2D eigenvalue weighted by Crippen LogP contribution is 2.32. The molecule has 1 aromatic carbocycles. The molecule has 0 bridgehead atoms. The van der Waals surface area contributed by atoms with Crippen molar-refractivity contribution in [1.29, 1.82) is 0 Å². The van der Waals surface area contributed by atoms with Gasteiger partial charge in [-0.05, 0) is 48.9 Å². The molecule has 0 spiro atoms. The molecule has 3 heterocycles. The maximum Gasteiger partial charge on any atom is 0.0482 e. The van der Waals surface area contributed by atoms with Crippen LogP contribution in [0.5, 0.6) is 0 Å². The number of hydrogen-bond acceptors (Lipinski definition) is 1. The standard InChI is InChI=1S/C14H16N2/c1-2-4-14-10(3-1)5-13-6-11-7-15-8-12(11)9-16(13)14/h1-5,11-12,15H,6-9H2/t11-,12+/m0/s1. The van der Waals surface area contributed by atoms with E-state index < -0.39 is 0 Å². The summed E-state index contributed by atoms with van der Waals surface area (Å²) in [5.41, 5.74) is 2.95. The second-order valence-electron chi connectivity index (χ2n) is 5.19. The maximum atomic E-state index is 3.52. The van der Waals surface area contributed by atoms with E-state index >= 15 is 0 Å². The van der Waals surface area contributed by atoms with Gasteiger partial charge in [-0.2, -0.15) is 0 Å². The van der Waals surface area contributed by atoms with Crippen molar-refractivity contribution in [3.05, 3.63) is 36.0 Å². The summed E-state index contributed by atoms with van der Waals surface area (Å²) >= 11 is 0. The Morgan fingerprint density at radius 1 is 1.12 bits per heavy atom. The number of fused-ring (bicyclic) bond motifs is 4. The number of benzene rings is 1. The summed E-state index contributed by atoms with van der Waals surface area (Å²) in [6, 6.07) is 11.1. The van der Waals surface area contributed by atoms with Gasteiger partial charge in [-0.3, -0.25) is 0 Å². The molecule has 4 rings (SSSR count). The van der Waals surface area contributed by atoms with Crippen LogP contribution in [0.1, 0.15) is 5.69 Å². The topological polar surface area (TPSA) is 17.0 Å². The van der Waals surface area contributed by atoms with Gasteiger partial charge in [0.25, 0.3) is 0 Å². The molecule has 2 heteroatoms. The quantitative estimate of drug-likeness (QED) is 0.707. The molecule has 0 unspecified atom stereocenters. The molecule has 2 atom stereocenters. The Labute approximate surface area is 95.3 Å². The Morgan fingerprint density at radius 2 is 2.00 bits per heavy atom. The van der Waals surface area contributed by atoms with Crippen molar-refractivity contribution in [2.75, 3.05) is 13.1 Å². The molecule has 16 heavy (non-hydrogen) atoms. The predicted molar refractivity (Wildman–Crippen MR) is 65.5 cm³/mol. The molecular formula is C14H16N2. The first-order chi connectivity index (χ1) is 7.92. The van der Waals surface area contributed by atoms with Crippen molar-refractivity contribution in [1.82, 2.24) is 9.88 Å². The molecule has 1 aromatic heterocycles. The SMILES string of the molecule is c1ccc2c(c1)cc1n2C[C@H]2CNC[C@@H]2C1. The second-order valence-corrected chi connectivity index (χ2v) is 5.19. The number of nitrogens with one attached hydrogen (secondary N) is 1. The lowest BCUT2D eigenvalue weighted by Crippen LogP contribution is -2.27. The fourth-order valence-corrected chi connectivity index (χ4v) is 3.40. The largest absolute Gasteiger partial charge is 0.344 e. The number of nitrogens with zero attached hydrogens (tertiary/aromatic N) is 1. The van der Waals surface area contributed by atoms with Gasteiger partial charge in [-0.25, -0.2) is 0 Å². The summed E-state index contributed by atoms with van der Waals surface area (Å²) in [7, 11) is 0. The van der Waals surface area contributed by atoms with E-state index in [2.05, 4.69) is 40.2 Å². The van der Waals surface area contributed by atoms with Crippen molar-refractivity contribution in [2.45, 2.75) is 13.0 Å². The predicted octanol–water partition coefficient (Wildman–Crippen LogP) is 2.03. The summed E-state index contributed by atoms with van der Waals surface area (Å²) < 4.78 is 2.53. The lowest BCUT2D eigenvalue weighted by atomic mass is 9.88. The van der Waals surface area contributed by atoms with Crippen molar-refractivity contribution in [3.8, 4) is 0 Å². The molecule has 2 aliphatic rings. The van der Waals surface area contributed by atoms with Crippen molar-refractivity contribution < 1.29 is 0 Å². The van der Waals surface area contributed by atoms with E-state index in [1.54, 1.807) is 0 Å². The summed E-state index contributed by atoms with van der Waals surface area (Å²) in [6.07, 6.45) is 1.26. The molecule has 2 aliphatic heterocycles. The van der Waals surface area contributed by atoms with Gasteiger partial charge < -0.3 is 9.88 Å². The van der Waals surface area contributed by atoms with Gasteiger partial charge in [0.1, 0.15) is 0 Å². The van der Waals surface area contributed by atoms with Crippen LogP contribution >= 0.6 is 0 Å². The van der Waals surface area contributed by atoms with Gasteiger partial charge in [-0.15, -0.1) is 0 Å². The molecule has 0 saturated carbocycles. The lowest BCUT2D eigenvalue weighted by Gasteiger charge is -2.27. The number of hydrogen-bond donors (Lipinski definition) is 1. The van der Waals surface area contributed by atoms with Crippen molar-refractivity contribution >= 4 is 10.9 Å². The summed E-state index contributed by atoms with van der Waals surface area (Å²) in [4.78, 5) is 0. The van der Waals surface area contributed by atoms with E-state index in [1.807, 2.05) is 0 Å². The minimum absolute atomic E-state index is 0.850. The Morgan fingerprint density at radius 3 is 3.00 bits per heavy atom. The molecular weight excluding hydrogens is 196 g/mol. The van der Waals surface area contributed by atoms with Crippen molar-refractivity contribution in [2.24, 2.45) is 11.8 Å². The Hall–Kier alpha value is -1.28. The third-order valence-corrected chi connectivity index (χ3v) is 4.26. The average Bonchev–Trinajstić information content (AvgIpc) is 2.88. The van der Waals surface area contributed by atoms with E-state index in [4.69, 9.17) is 0 Å². The smallest absolute Gasteiger partial charge is 0.0482 e. The Kier molecular flexibility index (Phi) is 1.71. The molecule has 82 valence electrons. The van der Waals surface area contributed by atoms with Gasteiger partial charge in [0.05, 0.1) is 0 Å². The van der Waals surface area contributed by atoms with Crippen LogP contribution in [0.25, 0.3) is 10.9 Å². The third kappa shape index (κ3) is 1.11. The average molecular weight is 212 g/mol. The van der Waals surface area contributed by atoms with E-state index in [1.165, 1.54) is 42.7 Å². The number of rotatable bonds is 0. The molecule has 1 fully saturated rings. The molecule has 1 N–H and O–H groups in total. The summed E-state index contributed by atoms with van der Waals surface area (Å²) in [5.74, 6) is 1.72. The van der Waals surface area contributed by atoms with Crippen LogP contribution in [0.4, 0.5) is 0 Å². The zero-order valence-electron chi connectivity index (χ0n) is 9.32. The number of para-hydroxylation sites is 1. The van der Waals surface area contributed by atoms with Crippen LogP contribution in [-0.4, -0.2) is 17.7 Å². The van der Waals surface area contributed by atoms with E-state index in [9.17, 15) is 0 Å². The molecule has 2 nitrogen and oxygen atoms in total. The second kappa shape index (κ2) is 3.11. The van der Waals surface area contributed by atoms with Crippen LogP contribution < -0.4 is 5.32 Å². The Bertz CT molecular complexity index is 541. The molecule has 0 radical (unpaired) electrons. The first-order valence-electron chi connectivity index (χ1n) is 6.20. The van der Waals surface area contributed by atoms with Crippen molar-refractivity contribution in [3.63, 3.8) is 0 Å². The minimum Gasteiger partial charge on any atom is -0.344 e. The molecule has 2 aromatic rings. The maximum absolute atomic E-state index is 3.52. The van der Waals surface area contributed by atoms with Crippen LogP contribution in [0.15, 0.2) is 30.3 Å². The molecule has 0 amide bonds. The number of aromatic nitrogens is 1. The van der Waals surface area contributed by atoms with Gasteiger partial charge in [0.15, 0.2) is 0 Å². The van der Waals surface area contributed by atoms with Gasteiger partial charge in [0.2, 0.25) is 0 Å². The minimum atomic E-state index is 0.850. The van der Waals surface area contributed by atoms with E-state index in [0.29, 0.717) is 0 Å². The zero-order valence-corrected chi connectivity index (χ0v) is 9.32. The van der Waals surface area contributed by atoms with Crippen LogP contribution in [0.3, 0.4) is 0 Å².